The number of hydrogen-bond acceptors (Lipinski definition) is 4. The molecule has 2 aromatic rings. The van der Waals surface area contributed by atoms with Crippen LogP contribution in [-0.2, 0) is 14.3 Å². The third-order valence-corrected chi connectivity index (χ3v) is 3.18. The minimum atomic E-state index is -1.01. The standard InChI is InChI=1S/C17H15ClFNO4/c1-11(17(22)20-14-4-2-3-12(18)9-14)24-16(21)10-23-15-7-5-13(19)6-8-15/h2-9,11H,10H2,1H3,(H,20,22). The van der Waals surface area contributed by atoms with Crippen molar-refractivity contribution in [2.24, 2.45) is 0 Å². The van der Waals surface area contributed by atoms with Crippen LogP contribution in [0.3, 0.4) is 0 Å². The second kappa shape index (κ2) is 8.31. The Hall–Kier alpha value is -2.60. The second-order valence-corrected chi connectivity index (χ2v) is 5.31. The van der Waals surface area contributed by atoms with Gasteiger partial charge in [0.1, 0.15) is 11.6 Å². The predicted octanol–water partition coefficient (Wildman–Crippen LogP) is 3.43. The Kier molecular flexibility index (Phi) is 6.14. The van der Waals surface area contributed by atoms with Crippen LogP contribution in [0.1, 0.15) is 6.92 Å². The SMILES string of the molecule is CC(OC(=O)COc1ccc(F)cc1)C(=O)Nc1cccc(Cl)c1. The molecule has 5 nitrogen and oxygen atoms in total. The average Bonchev–Trinajstić information content (AvgIpc) is 2.54. The number of carbonyl (C=O) groups is 2. The van der Waals surface area contributed by atoms with Crippen LogP contribution < -0.4 is 10.1 Å². The van der Waals surface area contributed by atoms with E-state index in [-0.39, 0.29) is 6.61 Å². The number of nitrogens with one attached hydrogen (secondary N) is 1. The van der Waals surface area contributed by atoms with Gasteiger partial charge in [-0.05, 0) is 49.4 Å². The fourth-order valence-corrected chi connectivity index (χ4v) is 1.96. The van der Waals surface area contributed by atoms with Gasteiger partial charge in [0, 0.05) is 10.7 Å². The van der Waals surface area contributed by atoms with Crippen molar-refractivity contribution in [3.63, 3.8) is 0 Å². The molecule has 2 aromatic carbocycles. The average molecular weight is 352 g/mol. The zero-order valence-electron chi connectivity index (χ0n) is 12.8. The molecule has 7 heteroatoms. The summed E-state index contributed by atoms with van der Waals surface area (Å²) >= 11 is 5.82. The summed E-state index contributed by atoms with van der Waals surface area (Å²) in [6, 6.07) is 11.8. The third-order valence-electron chi connectivity index (χ3n) is 2.94. The Labute approximate surface area is 143 Å². The van der Waals surface area contributed by atoms with Crippen LogP contribution in [-0.4, -0.2) is 24.6 Å². The van der Waals surface area contributed by atoms with Crippen LogP contribution in [0.4, 0.5) is 10.1 Å². The van der Waals surface area contributed by atoms with Gasteiger partial charge < -0.3 is 14.8 Å². The Morgan fingerprint density at radius 1 is 1.21 bits per heavy atom. The van der Waals surface area contributed by atoms with E-state index < -0.39 is 23.8 Å². The molecule has 0 saturated carbocycles. The first kappa shape index (κ1) is 17.7. The summed E-state index contributed by atoms with van der Waals surface area (Å²) in [5.74, 6) is -1.29. The molecule has 0 aliphatic rings. The number of benzene rings is 2. The predicted molar refractivity (Wildman–Crippen MR) is 87.5 cm³/mol. The third kappa shape index (κ3) is 5.55. The summed E-state index contributed by atoms with van der Waals surface area (Å²) in [4.78, 5) is 23.6. The maximum Gasteiger partial charge on any atom is 0.344 e. The van der Waals surface area contributed by atoms with Crippen LogP contribution >= 0.6 is 11.6 Å². The largest absolute Gasteiger partial charge is 0.482 e. The number of esters is 1. The highest BCUT2D eigenvalue weighted by Crippen LogP contribution is 2.15. The maximum atomic E-state index is 12.8. The lowest BCUT2D eigenvalue weighted by atomic mass is 10.3. The second-order valence-electron chi connectivity index (χ2n) is 4.87. The number of anilines is 1. The molecule has 1 atom stereocenters. The Bertz CT molecular complexity index is 721. The quantitative estimate of drug-likeness (QED) is 0.810. The topological polar surface area (TPSA) is 64.6 Å². The van der Waals surface area contributed by atoms with E-state index in [0.717, 1.165) is 0 Å². The van der Waals surface area contributed by atoms with Crippen LogP contribution in [0.25, 0.3) is 0 Å². The molecule has 0 spiro atoms. The van der Waals surface area contributed by atoms with Crippen LogP contribution in [0.15, 0.2) is 48.5 Å². The number of ether oxygens (including phenoxy) is 2. The Balaban J connectivity index is 1.80. The van der Waals surface area contributed by atoms with Crippen molar-refractivity contribution in [1.29, 1.82) is 0 Å². The Morgan fingerprint density at radius 3 is 2.58 bits per heavy atom. The molecule has 0 aromatic heterocycles. The first-order valence-corrected chi connectivity index (χ1v) is 7.46. The fourth-order valence-electron chi connectivity index (χ4n) is 1.77. The highest BCUT2D eigenvalue weighted by molar-refractivity contribution is 6.30. The highest BCUT2D eigenvalue weighted by Gasteiger charge is 2.18. The van der Waals surface area contributed by atoms with Gasteiger partial charge in [-0.1, -0.05) is 17.7 Å². The number of halogens is 2. The van der Waals surface area contributed by atoms with E-state index in [1.54, 1.807) is 24.3 Å². The van der Waals surface area contributed by atoms with Crippen molar-refractivity contribution >= 4 is 29.2 Å². The van der Waals surface area contributed by atoms with Gasteiger partial charge in [0.15, 0.2) is 12.7 Å². The van der Waals surface area contributed by atoms with E-state index in [2.05, 4.69) is 5.32 Å². The lowest BCUT2D eigenvalue weighted by Crippen LogP contribution is -2.31. The summed E-state index contributed by atoms with van der Waals surface area (Å²) in [5.41, 5.74) is 0.498. The molecule has 24 heavy (non-hydrogen) atoms. The summed E-state index contributed by atoms with van der Waals surface area (Å²) in [6.07, 6.45) is -1.01. The molecule has 0 bridgehead atoms. The van der Waals surface area contributed by atoms with Crippen LogP contribution in [0, 0.1) is 5.82 Å². The van der Waals surface area contributed by atoms with E-state index >= 15 is 0 Å². The van der Waals surface area contributed by atoms with Gasteiger partial charge in [0.05, 0.1) is 0 Å². The van der Waals surface area contributed by atoms with Gasteiger partial charge in [0.2, 0.25) is 0 Å². The first-order chi connectivity index (χ1) is 11.4. The molecule has 1 N–H and O–H groups in total. The molecule has 2 rings (SSSR count). The van der Waals surface area contributed by atoms with Crippen molar-refractivity contribution in [3.05, 3.63) is 59.4 Å². The monoisotopic (exact) mass is 351 g/mol. The number of rotatable bonds is 6. The summed E-state index contributed by atoms with van der Waals surface area (Å²) < 4.78 is 22.9. The minimum absolute atomic E-state index is 0.324. The van der Waals surface area contributed by atoms with Gasteiger partial charge in [-0.25, -0.2) is 9.18 Å². The molecule has 0 saturated heterocycles. The lowest BCUT2D eigenvalue weighted by Gasteiger charge is -2.14. The maximum absolute atomic E-state index is 12.8. The molecular weight excluding hydrogens is 337 g/mol. The Morgan fingerprint density at radius 2 is 1.92 bits per heavy atom. The van der Waals surface area contributed by atoms with Crippen molar-refractivity contribution in [3.8, 4) is 5.75 Å². The summed E-state index contributed by atoms with van der Waals surface area (Å²) in [5, 5.41) is 3.06. The minimum Gasteiger partial charge on any atom is -0.482 e. The van der Waals surface area contributed by atoms with E-state index in [0.29, 0.717) is 16.5 Å². The van der Waals surface area contributed by atoms with E-state index in [9.17, 15) is 14.0 Å². The van der Waals surface area contributed by atoms with Gasteiger partial charge in [-0.3, -0.25) is 4.79 Å². The van der Waals surface area contributed by atoms with E-state index in [1.165, 1.54) is 31.2 Å². The van der Waals surface area contributed by atoms with Crippen molar-refractivity contribution in [2.75, 3.05) is 11.9 Å². The van der Waals surface area contributed by atoms with Crippen LogP contribution in [0.2, 0.25) is 5.02 Å². The van der Waals surface area contributed by atoms with Gasteiger partial charge in [-0.2, -0.15) is 0 Å². The smallest absolute Gasteiger partial charge is 0.344 e. The molecule has 0 aliphatic heterocycles. The van der Waals surface area contributed by atoms with Gasteiger partial charge >= 0.3 is 5.97 Å². The molecule has 0 heterocycles. The lowest BCUT2D eigenvalue weighted by molar-refractivity contribution is -0.155. The molecule has 126 valence electrons. The molecular formula is C17H15ClFNO4. The molecule has 1 unspecified atom stereocenters. The molecule has 0 radical (unpaired) electrons. The molecule has 0 fully saturated rings. The normalized spacial score (nSPS) is 11.5. The van der Waals surface area contributed by atoms with Crippen LogP contribution in [0.5, 0.6) is 5.75 Å². The van der Waals surface area contributed by atoms with Crippen molar-refractivity contribution in [2.45, 2.75) is 13.0 Å². The van der Waals surface area contributed by atoms with Gasteiger partial charge in [0.25, 0.3) is 5.91 Å². The number of amides is 1. The molecule has 1 amide bonds. The van der Waals surface area contributed by atoms with Crippen molar-refractivity contribution in [1.82, 2.24) is 0 Å². The number of hydrogen-bond donors (Lipinski definition) is 1. The zero-order valence-corrected chi connectivity index (χ0v) is 13.5. The highest BCUT2D eigenvalue weighted by atomic mass is 35.5. The summed E-state index contributed by atoms with van der Waals surface area (Å²) in [6.45, 7) is 1.05. The van der Waals surface area contributed by atoms with Gasteiger partial charge in [-0.15, -0.1) is 0 Å². The molecule has 0 aliphatic carbocycles. The summed E-state index contributed by atoms with van der Waals surface area (Å²) in [7, 11) is 0. The van der Waals surface area contributed by atoms with E-state index in [4.69, 9.17) is 21.1 Å². The number of carbonyl (C=O) groups excluding carboxylic acids is 2. The van der Waals surface area contributed by atoms with Crippen molar-refractivity contribution < 1.29 is 23.5 Å². The fraction of sp³-hybridized carbons (Fsp3) is 0.176. The van der Waals surface area contributed by atoms with E-state index in [1.807, 2.05) is 0 Å². The zero-order chi connectivity index (χ0) is 17.5. The first-order valence-electron chi connectivity index (χ1n) is 7.08.